The number of nitro benzene ring substituents is 1. The molecule has 0 radical (unpaired) electrons. The zero-order valence-corrected chi connectivity index (χ0v) is 17.5. The fourth-order valence-electron chi connectivity index (χ4n) is 3.52. The van der Waals surface area contributed by atoms with Crippen molar-refractivity contribution in [3.63, 3.8) is 0 Å². The van der Waals surface area contributed by atoms with E-state index in [2.05, 4.69) is 10.4 Å². The number of carbonyl (C=O) groups excluding carboxylic acids is 2. The molecule has 10 nitrogen and oxygen atoms in total. The van der Waals surface area contributed by atoms with Gasteiger partial charge in [-0.3, -0.25) is 24.4 Å². The SMILES string of the molecule is COc1cc(C(=O)Nc2cccc(Cn3nc(C(N)=O)c4ccccc43)c2)ccc1[N+](=O)[O-]. The molecule has 3 N–H and O–H groups in total. The van der Waals surface area contributed by atoms with Crippen molar-refractivity contribution in [3.05, 3.63) is 93.7 Å². The van der Waals surface area contributed by atoms with Crippen LogP contribution in [0.1, 0.15) is 26.4 Å². The number of nitrogens with zero attached hydrogens (tertiary/aromatic N) is 3. The molecule has 3 aromatic carbocycles. The smallest absolute Gasteiger partial charge is 0.310 e. The van der Waals surface area contributed by atoms with E-state index < -0.39 is 16.7 Å². The highest BCUT2D eigenvalue weighted by Crippen LogP contribution is 2.28. The lowest BCUT2D eigenvalue weighted by Crippen LogP contribution is -2.13. The largest absolute Gasteiger partial charge is 0.490 e. The average molecular weight is 445 g/mol. The molecule has 10 heteroatoms. The normalized spacial score (nSPS) is 10.7. The van der Waals surface area contributed by atoms with Gasteiger partial charge in [0.2, 0.25) is 0 Å². The molecule has 4 rings (SSSR count). The van der Waals surface area contributed by atoms with Crippen molar-refractivity contribution in [2.24, 2.45) is 5.73 Å². The van der Waals surface area contributed by atoms with Crippen LogP contribution in [-0.2, 0) is 6.54 Å². The van der Waals surface area contributed by atoms with Crippen molar-refractivity contribution in [2.45, 2.75) is 6.54 Å². The number of benzene rings is 3. The van der Waals surface area contributed by atoms with E-state index in [-0.39, 0.29) is 22.7 Å². The number of para-hydroxylation sites is 1. The van der Waals surface area contributed by atoms with Gasteiger partial charge >= 0.3 is 5.69 Å². The number of nitrogens with two attached hydrogens (primary N) is 1. The highest BCUT2D eigenvalue weighted by molar-refractivity contribution is 6.05. The van der Waals surface area contributed by atoms with Crippen LogP contribution >= 0.6 is 0 Å². The van der Waals surface area contributed by atoms with Crippen LogP contribution < -0.4 is 15.8 Å². The summed E-state index contributed by atoms with van der Waals surface area (Å²) in [7, 11) is 1.30. The third-order valence-electron chi connectivity index (χ3n) is 5.05. The van der Waals surface area contributed by atoms with E-state index in [1.54, 1.807) is 28.9 Å². The maximum absolute atomic E-state index is 12.7. The van der Waals surface area contributed by atoms with Gasteiger partial charge in [0.15, 0.2) is 11.4 Å². The van der Waals surface area contributed by atoms with Crippen LogP contribution in [0.5, 0.6) is 5.75 Å². The topological polar surface area (TPSA) is 142 Å². The summed E-state index contributed by atoms with van der Waals surface area (Å²) in [6.07, 6.45) is 0. The van der Waals surface area contributed by atoms with Crippen molar-refractivity contribution < 1.29 is 19.2 Å². The second-order valence-corrected chi connectivity index (χ2v) is 7.19. The minimum absolute atomic E-state index is 0.00258. The molecule has 0 fully saturated rings. The maximum atomic E-state index is 12.7. The minimum atomic E-state index is -0.607. The number of hydrogen-bond acceptors (Lipinski definition) is 6. The molecule has 0 bridgehead atoms. The van der Waals surface area contributed by atoms with Crippen LogP contribution in [0, 0.1) is 10.1 Å². The summed E-state index contributed by atoms with van der Waals surface area (Å²) < 4.78 is 6.70. The number of methoxy groups -OCH3 is 1. The first-order valence-corrected chi connectivity index (χ1v) is 9.85. The molecule has 166 valence electrons. The van der Waals surface area contributed by atoms with E-state index in [1.165, 1.54) is 25.3 Å². The van der Waals surface area contributed by atoms with Crippen LogP contribution in [0.15, 0.2) is 66.7 Å². The summed E-state index contributed by atoms with van der Waals surface area (Å²) in [4.78, 5) is 34.9. The van der Waals surface area contributed by atoms with E-state index in [9.17, 15) is 19.7 Å². The van der Waals surface area contributed by atoms with Gasteiger partial charge in [0, 0.05) is 28.8 Å². The number of nitro groups is 1. The number of fused-ring (bicyclic) bond motifs is 1. The summed E-state index contributed by atoms with van der Waals surface area (Å²) in [5, 5.41) is 18.8. The Morgan fingerprint density at radius 3 is 2.64 bits per heavy atom. The Morgan fingerprint density at radius 1 is 1.12 bits per heavy atom. The van der Waals surface area contributed by atoms with Gasteiger partial charge < -0.3 is 15.8 Å². The van der Waals surface area contributed by atoms with Gasteiger partial charge in [-0.1, -0.05) is 30.3 Å². The summed E-state index contributed by atoms with van der Waals surface area (Å²) >= 11 is 0. The van der Waals surface area contributed by atoms with Crippen LogP contribution in [0.2, 0.25) is 0 Å². The lowest BCUT2D eigenvalue weighted by molar-refractivity contribution is -0.385. The number of amides is 2. The predicted octanol–water partition coefficient (Wildman–Crippen LogP) is 3.35. The maximum Gasteiger partial charge on any atom is 0.310 e. The van der Waals surface area contributed by atoms with E-state index in [0.29, 0.717) is 17.6 Å². The van der Waals surface area contributed by atoms with Crippen LogP contribution in [-0.4, -0.2) is 33.6 Å². The summed E-state index contributed by atoms with van der Waals surface area (Å²) in [6.45, 7) is 0.350. The van der Waals surface area contributed by atoms with Crippen molar-refractivity contribution in [1.82, 2.24) is 9.78 Å². The molecule has 0 aliphatic heterocycles. The van der Waals surface area contributed by atoms with Gasteiger partial charge in [0.05, 0.1) is 24.1 Å². The van der Waals surface area contributed by atoms with Crippen LogP contribution in [0.25, 0.3) is 10.9 Å². The van der Waals surface area contributed by atoms with Gasteiger partial charge in [-0.15, -0.1) is 0 Å². The summed E-state index contributed by atoms with van der Waals surface area (Å²) in [6, 6.07) is 18.3. The third kappa shape index (κ3) is 4.35. The predicted molar refractivity (Wildman–Crippen MR) is 121 cm³/mol. The second kappa shape index (κ2) is 8.79. The number of aromatic nitrogens is 2. The molecule has 0 unspecified atom stereocenters. The Kier molecular flexibility index (Phi) is 5.73. The number of ether oxygens (including phenoxy) is 1. The first-order chi connectivity index (χ1) is 15.9. The van der Waals surface area contributed by atoms with E-state index in [4.69, 9.17) is 10.5 Å². The molecule has 0 aliphatic rings. The van der Waals surface area contributed by atoms with Crippen molar-refractivity contribution >= 4 is 34.1 Å². The highest BCUT2D eigenvalue weighted by atomic mass is 16.6. The van der Waals surface area contributed by atoms with Gasteiger partial charge in [-0.2, -0.15) is 5.10 Å². The Balaban J connectivity index is 1.57. The second-order valence-electron chi connectivity index (χ2n) is 7.19. The van der Waals surface area contributed by atoms with Gasteiger partial charge in [0.25, 0.3) is 11.8 Å². The number of rotatable bonds is 7. The van der Waals surface area contributed by atoms with Crippen LogP contribution in [0.3, 0.4) is 0 Å². The molecule has 2 amide bonds. The molecule has 4 aromatic rings. The number of carbonyl (C=O) groups is 2. The monoisotopic (exact) mass is 445 g/mol. The average Bonchev–Trinajstić information content (AvgIpc) is 3.17. The molecular weight excluding hydrogens is 426 g/mol. The Labute approximate surface area is 187 Å². The standard InChI is InChI=1S/C23H19N5O5/c1-33-20-12-15(9-10-19(20)28(31)32)23(30)25-16-6-4-5-14(11-16)13-27-18-8-3-2-7-17(18)21(26-27)22(24)29/h2-12H,13H2,1H3,(H2,24,29)(H,25,30). The van der Waals surface area contributed by atoms with Gasteiger partial charge in [0.1, 0.15) is 0 Å². The minimum Gasteiger partial charge on any atom is -0.490 e. The van der Waals surface area contributed by atoms with Crippen LogP contribution in [0.4, 0.5) is 11.4 Å². The Bertz CT molecular complexity index is 1400. The van der Waals surface area contributed by atoms with E-state index >= 15 is 0 Å². The molecule has 33 heavy (non-hydrogen) atoms. The van der Waals surface area contributed by atoms with Crippen molar-refractivity contribution in [3.8, 4) is 5.75 Å². The summed E-state index contributed by atoms with van der Waals surface area (Å²) in [5.41, 5.74) is 7.77. The first kappa shape index (κ1) is 21.5. The number of primary amides is 1. The molecule has 0 aliphatic carbocycles. The number of nitrogens with one attached hydrogen (secondary N) is 1. The third-order valence-corrected chi connectivity index (χ3v) is 5.05. The lowest BCUT2D eigenvalue weighted by atomic mass is 10.1. The van der Waals surface area contributed by atoms with Crippen molar-refractivity contribution in [1.29, 1.82) is 0 Å². The van der Waals surface area contributed by atoms with E-state index in [0.717, 1.165) is 11.1 Å². The lowest BCUT2D eigenvalue weighted by Gasteiger charge is -2.09. The summed E-state index contributed by atoms with van der Waals surface area (Å²) in [5.74, 6) is -1.05. The molecular formula is C23H19N5O5. The fraction of sp³-hybridized carbons (Fsp3) is 0.0870. The molecule has 0 saturated heterocycles. The number of anilines is 1. The number of hydrogen-bond donors (Lipinski definition) is 2. The van der Waals surface area contributed by atoms with Gasteiger partial charge in [-0.05, 0) is 29.8 Å². The zero-order valence-electron chi connectivity index (χ0n) is 17.5. The first-order valence-electron chi connectivity index (χ1n) is 9.85. The van der Waals surface area contributed by atoms with E-state index in [1.807, 2.05) is 24.3 Å². The molecule has 1 heterocycles. The zero-order chi connectivity index (χ0) is 23.5. The highest BCUT2D eigenvalue weighted by Gasteiger charge is 2.18. The Hall–Kier alpha value is -4.73. The van der Waals surface area contributed by atoms with Gasteiger partial charge in [-0.25, -0.2) is 0 Å². The molecule has 0 spiro atoms. The molecule has 0 saturated carbocycles. The molecule has 1 aromatic heterocycles. The fourth-order valence-corrected chi connectivity index (χ4v) is 3.52. The molecule has 0 atom stereocenters. The van der Waals surface area contributed by atoms with Crippen molar-refractivity contribution in [2.75, 3.05) is 12.4 Å². The quantitative estimate of drug-likeness (QED) is 0.330. The Morgan fingerprint density at radius 2 is 1.91 bits per heavy atom.